The topological polar surface area (TPSA) is 178 Å². The average Bonchev–Trinajstić information content (AvgIpc) is 2.60. The van der Waals surface area contributed by atoms with Gasteiger partial charge in [0.05, 0.1) is 16.6 Å². The summed E-state index contributed by atoms with van der Waals surface area (Å²) in [5.74, 6) is -3.04. The third-order valence-electron chi connectivity index (χ3n) is 4.25. The number of rotatable bonds is 5. The molecule has 1 unspecified atom stereocenters. The molecular formula is C17H16N6O4. The molecule has 0 saturated carbocycles. The molecule has 0 radical (unpaired) electrons. The molecule has 138 valence electrons. The van der Waals surface area contributed by atoms with Gasteiger partial charge in [0.25, 0.3) is 0 Å². The van der Waals surface area contributed by atoms with Gasteiger partial charge in [-0.2, -0.15) is 9.97 Å². The lowest BCUT2D eigenvalue weighted by Crippen LogP contribution is -2.17. The molecule has 0 spiro atoms. The van der Waals surface area contributed by atoms with Gasteiger partial charge >= 0.3 is 11.9 Å². The molecule has 10 heteroatoms. The third kappa shape index (κ3) is 3.45. The molecule has 0 aliphatic rings. The van der Waals surface area contributed by atoms with E-state index in [4.69, 9.17) is 16.6 Å². The van der Waals surface area contributed by atoms with Crippen molar-refractivity contribution in [2.75, 3.05) is 11.5 Å². The second kappa shape index (κ2) is 6.83. The van der Waals surface area contributed by atoms with E-state index in [0.717, 1.165) is 6.20 Å². The maximum absolute atomic E-state index is 11.8. The van der Waals surface area contributed by atoms with E-state index in [2.05, 4.69) is 19.9 Å². The first kappa shape index (κ1) is 18.0. The van der Waals surface area contributed by atoms with Crippen LogP contribution < -0.4 is 11.5 Å². The lowest BCUT2D eigenvalue weighted by atomic mass is 9.93. The van der Waals surface area contributed by atoms with Gasteiger partial charge in [-0.3, -0.25) is 9.78 Å². The van der Waals surface area contributed by atoms with Gasteiger partial charge in [0.1, 0.15) is 11.7 Å². The highest BCUT2D eigenvalue weighted by Crippen LogP contribution is 2.27. The molecule has 0 bridgehead atoms. The van der Waals surface area contributed by atoms with E-state index in [1.54, 1.807) is 6.92 Å². The molecule has 0 aromatic carbocycles. The first-order valence-electron chi connectivity index (χ1n) is 7.87. The Morgan fingerprint density at radius 3 is 2.44 bits per heavy atom. The molecule has 0 saturated heterocycles. The molecule has 0 aliphatic carbocycles. The van der Waals surface area contributed by atoms with Gasteiger partial charge in [-0.1, -0.05) is 0 Å². The summed E-state index contributed by atoms with van der Waals surface area (Å²) in [6.07, 6.45) is 2.74. The van der Waals surface area contributed by atoms with Crippen LogP contribution in [0, 0.1) is 6.92 Å². The molecule has 3 rings (SSSR count). The number of hydrogen-bond acceptors (Lipinski definition) is 8. The van der Waals surface area contributed by atoms with Crippen molar-refractivity contribution in [1.82, 2.24) is 19.9 Å². The summed E-state index contributed by atoms with van der Waals surface area (Å²) >= 11 is 0. The van der Waals surface area contributed by atoms with E-state index in [1.807, 2.05) is 0 Å². The van der Waals surface area contributed by atoms with Crippen LogP contribution >= 0.6 is 0 Å². The summed E-state index contributed by atoms with van der Waals surface area (Å²) in [6, 6.07) is 2.71. The van der Waals surface area contributed by atoms with Crippen LogP contribution in [0.15, 0.2) is 24.5 Å². The maximum Gasteiger partial charge on any atom is 0.337 e. The minimum Gasteiger partial charge on any atom is -0.481 e. The molecule has 27 heavy (non-hydrogen) atoms. The van der Waals surface area contributed by atoms with Crippen LogP contribution in [0.25, 0.3) is 11.0 Å². The van der Waals surface area contributed by atoms with Crippen molar-refractivity contribution in [1.29, 1.82) is 0 Å². The van der Waals surface area contributed by atoms with Crippen LogP contribution in [-0.4, -0.2) is 42.1 Å². The van der Waals surface area contributed by atoms with Crippen molar-refractivity contribution in [3.05, 3.63) is 46.9 Å². The van der Waals surface area contributed by atoms with Crippen molar-refractivity contribution in [2.45, 2.75) is 19.3 Å². The Balaban J connectivity index is 2.01. The summed E-state index contributed by atoms with van der Waals surface area (Å²) in [4.78, 5) is 38.8. The third-order valence-corrected chi connectivity index (χ3v) is 4.25. The normalized spacial score (nSPS) is 12.0. The van der Waals surface area contributed by atoms with Gasteiger partial charge in [-0.15, -0.1) is 0 Å². The quantitative estimate of drug-likeness (QED) is 0.507. The van der Waals surface area contributed by atoms with Gasteiger partial charge in [-0.05, 0) is 36.6 Å². The van der Waals surface area contributed by atoms with E-state index in [1.165, 1.54) is 18.3 Å². The fourth-order valence-corrected chi connectivity index (χ4v) is 2.81. The number of carboxylic acids is 2. The standard InChI is InChI=1S/C17H16N6O4/c1-7-9(6-21-14-12(7)13(18)22-17(19)23-14)4-10(16(26)27)11-3-2-8(5-20-11)15(24)25/h2-3,5-6,10H,4H2,1H3,(H,24,25)(H,26,27)(H4,18,19,21,22,23). The number of fused-ring (bicyclic) bond motifs is 1. The van der Waals surface area contributed by atoms with Crippen molar-refractivity contribution in [3.63, 3.8) is 0 Å². The number of nitrogen functional groups attached to an aromatic ring is 2. The highest BCUT2D eigenvalue weighted by atomic mass is 16.4. The minimum atomic E-state index is -1.13. The number of aromatic nitrogens is 4. The SMILES string of the molecule is Cc1c(CC(C(=O)O)c2ccc(C(=O)O)cn2)cnc2nc(N)nc(N)c12. The molecule has 0 amide bonds. The lowest BCUT2D eigenvalue weighted by Gasteiger charge is -2.15. The second-order valence-electron chi connectivity index (χ2n) is 5.95. The zero-order valence-corrected chi connectivity index (χ0v) is 14.2. The molecule has 6 N–H and O–H groups in total. The highest BCUT2D eigenvalue weighted by molar-refractivity contribution is 5.90. The van der Waals surface area contributed by atoms with Crippen LogP contribution in [-0.2, 0) is 11.2 Å². The molecule has 3 heterocycles. The number of nitrogens with two attached hydrogens (primary N) is 2. The van der Waals surface area contributed by atoms with Crippen molar-refractivity contribution in [2.24, 2.45) is 0 Å². The summed E-state index contributed by atoms with van der Waals surface area (Å²) in [5, 5.41) is 19.1. The number of aryl methyl sites for hydroxylation is 1. The first-order valence-corrected chi connectivity index (χ1v) is 7.87. The number of carbonyl (C=O) groups is 2. The number of nitrogens with zero attached hydrogens (tertiary/aromatic N) is 4. The van der Waals surface area contributed by atoms with Crippen LogP contribution in [0.5, 0.6) is 0 Å². The number of hydrogen-bond donors (Lipinski definition) is 4. The van der Waals surface area contributed by atoms with Crippen LogP contribution in [0.3, 0.4) is 0 Å². The highest BCUT2D eigenvalue weighted by Gasteiger charge is 2.24. The van der Waals surface area contributed by atoms with E-state index in [-0.39, 0.29) is 29.4 Å². The molecule has 3 aromatic rings. The molecular weight excluding hydrogens is 352 g/mol. The number of anilines is 2. The smallest absolute Gasteiger partial charge is 0.337 e. The molecule has 0 aliphatic heterocycles. The molecule has 10 nitrogen and oxygen atoms in total. The largest absolute Gasteiger partial charge is 0.481 e. The van der Waals surface area contributed by atoms with Crippen molar-refractivity contribution < 1.29 is 19.8 Å². The maximum atomic E-state index is 11.8. The monoisotopic (exact) mass is 368 g/mol. The Kier molecular flexibility index (Phi) is 4.55. The minimum absolute atomic E-state index is 0.00535. The molecule has 0 fully saturated rings. The Labute approximate surface area is 152 Å². The van der Waals surface area contributed by atoms with Gasteiger partial charge in [0.2, 0.25) is 5.95 Å². The first-order chi connectivity index (χ1) is 12.8. The zero-order chi connectivity index (χ0) is 19.7. The Morgan fingerprint density at radius 1 is 1.11 bits per heavy atom. The summed E-state index contributed by atoms with van der Waals surface area (Å²) in [7, 11) is 0. The van der Waals surface area contributed by atoms with E-state index in [9.17, 15) is 14.7 Å². The number of aromatic carboxylic acids is 1. The van der Waals surface area contributed by atoms with Gasteiger partial charge < -0.3 is 21.7 Å². The van der Waals surface area contributed by atoms with Gasteiger partial charge in [0, 0.05) is 12.4 Å². The summed E-state index contributed by atoms with van der Waals surface area (Å²) in [6.45, 7) is 1.77. The average molecular weight is 368 g/mol. The van der Waals surface area contributed by atoms with Crippen LogP contribution in [0.4, 0.5) is 11.8 Å². The molecule has 3 aromatic heterocycles. The van der Waals surface area contributed by atoms with E-state index < -0.39 is 17.9 Å². The lowest BCUT2D eigenvalue weighted by molar-refractivity contribution is -0.138. The van der Waals surface area contributed by atoms with E-state index >= 15 is 0 Å². The Morgan fingerprint density at radius 2 is 1.85 bits per heavy atom. The van der Waals surface area contributed by atoms with Crippen LogP contribution in [0.2, 0.25) is 0 Å². The molecule has 1 atom stereocenters. The Bertz CT molecular complexity index is 1050. The second-order valence-corrected chi connectivity index (χ2v) is 5.95. The van der Waals surface area contributed by atoms with Gasteiger partial charge in [0.15, 0.2) is 5.65 Å². The van der Waals surface area contributed by atoms with Gasteiger partial charge in [-0.25, -0.2) is 9.78 Å². The predicted octanol–water partition coefficient (Wildman–Crippen LogP) is 1.00. The number of aliphatic carboxylic acids is 1. The zero-order valence-electron chi connectivity index (χ0n) is 14.2. The Hall–Kier alpha value is -3.82. The van der Waals surface area contributed by atoms with Crippen molar-refractivity contribution in [3.8, 4) is 0 Å². The number of carboxylic acid groups (broad SMARTS) is 2. The number of pyridine rings is 2. The fourth-order valence-electron chi connectivity index (χ4n) is 2.81. The van der Waals surface area contributed by atoms with Crippen LogP contribution in [0.1, 0.15) is 33.1 Å². The van der Waals surface area contributed by atoms with E-state index in [0.29, 0.717) is 22.2 Å². The summed E-state index contributed by atoms with van der Waals surface area (Å²) < 4.78 is 0. The van der Waals surface area contributed by atoms with Crippen molar-refractivity contribution >= 4 is 34.7 Å². The predicted molar refractivity (Wildman–Crippen MR) is 96.2 cm³/mol. The fraction of sp³-hybridized carbons (Fsp3) is 0.176. The summed E-state index contributed by atoms with van der Waals surface area (Å²) in [5.41, 5.74) is 13.4.